The summed E-state index contributed by atoms with van der Waals surface area (Å²) >= 11 is 0. The zero-order valence-corrected chi connectivity index (χ0v) is 11.2. The summed E-state index contributed by atoms with van der Waals surface area (Å²) in [7, 11) is 0. The summed E-state index contributed by atoms with van der Waals surface area (Å²) in [5.41, 5.74) is 0. The fourth-order valence-electron chi connectivity index (χ4n) is 2.54. The van der Waals surface area contributed by atoms with Crippen molar-refractivity contribution in [2.45, 2.75) is 52.1 Å². The van der Waals surface area contributed by atoms with Gasteiger partial charge in [0.2, 0.25) is 0 Å². The van der Waals surface area contributed by atoms with Crippen molar-refractivity contribution >= 4 is 0 Å². The summed E-state index contributed by atoms with van der Waals surface area (Å²) in [6, 6.07) is 1.32. The molecule has 1 heterocycles. The van der Waals surface area contributed by atoms with Crippen molar-refractivity contribution in [2.24, 2.45) is 5.92 Å². The molecule has 0 aromatic heterocycles. The Labute approximate surface area is 101 Å². The zero-order valence-electron chi connectivity index (χ0n) is 11.2. The highest BCUT2D eigenvalue weighted by molar-refractivity contribution is 4.83. The number of hydrogen-bond donors (Lipinski definition) is 1. The van der Waals surface area contributed by atoms with E-state index in [1.165, 1.54) is 32.5 Å². The lowest BCUT2D eigenvalue weighted by Gasteiger charge is -2.30. The minimum absolute atomic E-state index is 0.645. The van der Waals surface area contributed by atoms with Gasteiger partial charge < -0.3 is 5.32 Å². The fraction of sp³-hybridized carbons (Fsp3) is 0.857. The van der Waals surface area contributed by atoms with Gasteiger partial charge in [0.25, 0.3) is 0 Å². The molecule has 2 heteroatoms. The van der Waals surface area contributed by atoms with Gasteiger partial charge in [-0.1, -0.05) is 19.9 Å². The third-order valence-corrected chi connectivity index (χ3v) is 3.40. The Hall–Kier alpha value is -0.340. The second-order valence-corrected chi connectivity index (χ2v) is 5.50. The molecule has 1 saturated heterocycles. The minimum atomic E-state index is 0.645. The monoisotopic (exact) mass is 224 g/mol. The average molecular weight is 224 g/mol. The molecule has 16 heavy (non-hydrogen) atoms. The number of hydrogen-bond acceptors (Lipinski definition) is 2. The van der Waals surface area contributed by atoms with E-state index in [2.05, 4.69) is 37.6 Å². The second kappa shape index (κ2) is 7.08. The molecule has 94 valence electrons. The van der Waals surface area contributed by atoms with Gasteiger partial charge in [-0.25, -0.2) is 0 Å². The lowest BCUT2D eigenvalue weighted by atomic mass is 10.0. The molecule has 0 saturated carbocycles. The smallest absolute Gasteiger partial charge is 0.0197 e. The highest BCUT2D eigenvalue weighted by Gasteiger charge is 2.21. The number of nitrogens with zero attached hydrogens (tertiary/aromatic N) is 1. The fourth-order valence-corrected chi connectivity index (χ4v) is 2.54. The van der Waals surface area contributed by atoms with Crippen LogP contribution in [0.4, 0.5) is 0 Å². The van der Waals surface area contributed by atoms with E-state index in [0.717, 1.165) is 12.3 Å². The predicted octanol–water partition coefficient (Wildman–Crippen LogP) is 2.66. The Morgan fingerprint density at radius 3 is 2.81 bits per heavy atom. The minimum Gasteiger partial charge on any atom is -0.313 e. The third kappa shape index (κ3) is 4.67. The van der Waals surface area contributed by atoms with Crippen molar-refractivity contribution in [3.63, 3.8) is 0 Å². The van der Waals surface area contributed by atoms with Gasteiger partial charge in [0.15, 0.2) is 0 Å². The Bertz CT molecular complexity index is 201. The highest BCUT2D eigenvalue weighted by atomic mass is 15.2. The molecule has 0 radical (unpaired) electrons. The van der Waals surface area contributed by atoms with Gasteiger partial charge in [-0.2, -0.15) is 0 Å². The number of nitrogens with one attached hydrogen (secondary N) is 1. The highest BCUT2D eigenvalue weighted by Crippen LogP contribution is 2.13. The quantitative estimate of drug-likeness (QED) is 0.722. The Kier molecular flexibility index (Phi) is 6.07. The molecule has 0 aromatic rings. The van der Waals surface area contributed by atoms with Gasteiger partial charge >= 0.3 is 0 Å². The molecular formula is C14H28N2. The van der Waals surface area contributed by atoms with E-state index in [4.69, 9.17) is 0 Å². The van der Waals surface area contributed by atoms with Crippen molar-refractivity contribution in [3.05, 3.63) is 12.7 Å². The molecule has 1 fully saturated rings. The molecule has 0 amide bonds. The van der Waals surface area contributed by atoms with Crippen LogP contribution in [-0.2, 0) is 0 Å². The summed E-state index contributed by atoms with van der Waals surface area (Å²) in [5.74, 6) is 0.784. The normalized spacial score (nSPS) is 25.4. The van der Waals surface area contributed by atoms with Crippen LogP contribution in [0.25, 0.3) is 0 Å². The van der Waals surface area contributed by atoms with Gasteiger partial charge in [-0.3, -0.25) is 4.90 Å². The van der Waals surface area contributed by atoms with Gasteiger partial charge in [0.1, 0.15) is 0 Å². The molecule has 2 unspecified atom stereocenters. The standard InChI is InChI=1S/C14H28N2/c1-5-7-13(4)16-9-6-8-15-14(11-16)10-12(2)3/h5,12-15H,1,6-11H2,2-4H3. The van der Waals surface area contributed by atoms with Crippen LogP contribution >= 0.6 is 0 Å². The first-order valence-corrected chi connectivity index (χ1v) is 6.71. The third-order valence-electron chi connectivity index (χ3n) is 3.40. The van der Waals surface area contributed by atoms with Crippen LogP contribution in [0.5, 0.6) is 0 Å². The number of rotatable bonds is 5. The van der Waals surface area contributed by atoms with E-state index < -0.39 is 0 Å². The van der Waals surface area contributed by atoms with Crippen LogP contribution in [0.3, 0.4) is 0 Å². The first-order valence-electron chi connectivity index (χ1n) is 6.71. The maximum absolute atomic E-state index is 3.84. The Balaban J connectivity index is 2.47. The van der Waals surface area contributed by atoms with Crippen molar-refractivity contribution < 1.29 is 0 Å². The molecule has 0 aliphatic carbocycles. The maximum atomic E-state index is 3.84. The maximum Gasteiger partial charge on any atom is 0.0197 e. The lowest BCUT2D eigenvalue weighted by molar-refractivity contribution is 0.199. The average Bonchev–Trinajstić information content (AvgIpc) is 2.43. The molecule has 1 rings (SSSR count). The van der Waals surface area contributed by atoms with Crippen molar-refractivity contribution in [1.82, 2.24) is 10.2 Å². The molecule has 2 atom stereocenters. The molecule has 0 spiro atoms. The molecule has 1 aliphatic heterocycles. The molecule has 2 nitrogen and oxygen atoms in total. The van der Waals surface area contributed by atoms with E-state index in [-0.39, 0.29) is 0 Å². The largest absolute Gasteiger partial charge is 0.313 e. The van der Waals surface area contributed by atoms with E-state index in [0.29, 0.717) is 12.1 Å². The topological polar surface area (TPSA) is 15.3 Å². The Morgan fingerprint density at radius 1 is 1.44 bits per heavy atom. The summed E-state index contributed by atoms with van der Waals surface area (Å²) < 4.78 is 0. The van der Waals surface area contributed by atoms with Crippen molar-refractivity contribution in [2.75, 3.05) is 19.6 Å². The van der Waals surface area contributed by atoms with Gasteiger partial charge in [-0.05, 0) is 45.2 Å². The first kappa shape index (κ1) is 13.7. The lowest BCUT2D eigenvalue weighted by Crippen LogP contribution is -2.42. The van der Waals surface area contributed by atoms with Crippen molar-refractivity contribution in [3.8, 4) is 0 Å². The van der Waals surface area contributed by atoms with E-state index in [1.54, 1.807) is 0 Å². The van der Waals surface area contributed by atoms with E-state index in [9.17, 15) is 0 Å². The molecule has 0 bridgehead atoms. The van der Waals surface area contributed by atoms with Crippen LogP contribution in [-0.4, -0.2) is 36.6 Å². The van der Waals surface area contributed by atoms with Gasteiger partial charge in [0.05, 0.1) is 0 Å². The Morgan fingerprint density at radius 2 is 2.19 bits per heavy atom. The van der Waals surface area contributed by atoms with Gasteiger partial charge in [-0.15, -0.1) is 6.58 Å². The van der Waals surface area contributed by atoms with Gasteiger partial charge in [0, 0.05) is 18.6 Å². The zero-order chi connectivity index (χ0) is 12.0. The molecular weight excluding hydrogens is 196 g/mol. The summed E-state index contributed by atoms with van der Waals surface area (Å²) in [6.45, 7) is 14.4. The molecule has 0 aromatic carbocycles. The summed E-state index contributed by atoms with van der Waals surface area (Å²) in [6.07, 6.45) is 5.71. The van der Waals surface area contributed by atoms with E-state index >= 15 is 0 Å². The van der Waals surface area contributed by atoms with Crippen LogP contribution in [0.2, 0.25) is 0 Å². The van der Waals surface area contributed by atoms with Crippen molar-refractivity contribution in [1.29, 1.82) is 0 Å². The molecule has 1 aliphatic rings. The SMILES string of the molecule is C=CCC(C)N1CCCNC(CC(C)C)C1. The second-order valence-electron chi connectivity index (χ2n) is 5.50. The van der Waals surface area contributed by atoms with Crippen LogP contribution in [0.15, 0.2) is 12.7 Å². The predicted molar refractivity (Wildman–Crippen MR) is 71.7 cm³/mol. The van der Waals surface area contributed by atoms with E-state index in [1.807, 2.05) is 6.08 Å². The van der Waals surface area contributed by atoms with Crippen LogP contribution < -0.4 is 5.32 Å². The molecule has 1 N–H and O–H groups in total. The van der Waals surface area contributed by atoms with Crippen LogP contribution in [0.1, 0.15) is 40.0 Å². The summed E-state index contributed by atoms with van der Waals surface area (Å²) in [4.78, 5) is 2.62. The van der Waals surface area contributed by atoms with Crippen LogP contribution in [0, 0.1) is 5.92 Å². The summed E-state index contributed by atoms with van der Waals surface area (Å²) in [5, 5.41) is 3.67. The first-order chi connectivity index (χ1) is 7.63.